The van der Waals surface area contributed by atoms with Crippen molar-refractivity contribution in [2.75, 3.05) is 32.8 Å². The van der Waals surface area contributed by atoms with Crippen LogP contribution in [0.5, 0.6) is 0 Å². The molecule has 1 aliphatic heterocycles. The van der Waals surface area contributed by atoms with Crippen LogP contribution in [0, 0.1) is 6.92 Å². The van der Waals surface area contributed by atoms with E-state index in [0.29, 0.717) is 19.7 Å². The standard InChI is InChI=1S/C23H39N5O3/c1-6-24-21(27-17-20-18(2)9-7-12-25-20)28-14-10-19(11-15-28)30-16-8-13-26-22(29)31-23(3,4)5/h7,9,12,19H,6,8,10-11,13-17H2,1-5H3,(H,24,27)(H,26,29). The second kappa shape index (κ2) is 12.5. The van der Waals surface area contributed by atoms with Crippen LogP contribution in [0.4, 0.5) is 4.79 Å². The van der Waals surface area contributed by atoms with Crippen molar-refractivity contribution in [2.45, 2.75) is 72.1 Å². The van der Waals surface area contributed by atoms with Gasteiger partial charge in [0.2, 0.25) is 0 Å². The molecule has 0 atom stereocenters. The molecule has 174 valence electrons. The number of hydrogen-bond donors (Lipinski definition) is 2. The van der Waals surface area contributed by atoms with Gasteiger partial charge < -0.3 is 25.0 Å². The zero-order valence-electron chi connectivity index (χ0n) is 19.7. The van der Waals surface area contributed by atoms with E-state index < -0.39 is 5.60 Å². The highest BCUT2D eigenvalue weighted by Gasteiger charge is 2.22. The van der Waals surface area contributed by atoms with Gasteiger partial charge in [-0.15, -0.1) is 0 Å². The van der Waals surface area contributed by atoms with Crippen LogP contribution >= 0.6 is 0 Å². The van der Waals surface area contributed by atoms with Crippen LogP contribution in [-0.2, 0) is 16.0 Å². The molecule has 1 aromatic heterocycles. The predicted octanol–water partition coefficient (Wildman–Crippen LogP) is 3.25. The number of likely N-dealkylation sites (tertiary alicyclic amines) is 1. The van der Waals surface area contributed by atoms with Gasteiger partial charge in [-0.05, 0) is 65.5 Å². The maximum Gasteiger partial charge on any atom is 0.407 e. The first-order chi connectivity index (χ1) is 14.8. The fourth-order valence-corrected chi connectivity index (χ4v) is 3.32. The van der Waals surface area contributed by atoms with Gasteiger partial charge in [0.15, 0.2) is 5.96 Å². The van der Waals surface area contributed by atoms with Gasteiger partial charge in [0, 0.05) is 39.0 Å². The second-order valence-electron chi connectivity index (χ2n) is 8.78. The maximum atomic E-state index is 11.6. The molecule has 0 bridgehead atoms. The predicted molar refractivity (Wildman–Crippen MR) is 123 cm³/mol. The minimum Gasteiger partial charge on any atom is -0.444 e. The number of piperidine rings is 1. The number of rotatable bonds is 8. The lowest BCUT2D eigenvalue weighted by atomic mass is 10.1. The topological polar surface area (TPSA) is 88.1 Å². The Morgan fingerprint density at radius 1 is 1.29 bits per heavy atom. The highest BCUT2D eigenvalue weighted by Crippen LogP contribution is 2.15. The molecule has 0 saturated carbocycles. The van der Waals surface area contributed by atoms with E-state index in [1.54, 1.807) is 0 Å². The summed E-state index contributed by atoms with van der Waals surface area (Å²) in [6.45, 7) is 14.1. The summed E-state index contributed by atoms with van der Waals surface area (Å²) in [6.07, 6.45) is 4.39. The number of nitrogens with zero attached hydrogens (tertiary/aromatic N) is 3. The molecular formula is C23H39N5O3. The van der Waals surface area contributed by atoms with Crippen LogP contribution in [-0.4, -0.2) is 66.4 Å². The van der Waals surface area contributed by atoms with Gasteiger partial charge >= 0.3 is 6.09 Å². The molecule has 1 amide bonds. The van der Waals surface area contributed by atoms with Crippen LogP contribution in [0.25, 0.3) is 0 Å². The summed E-state index contributed by atoms with van der Waals surface area (Å²) in [4.78, 5) is 23.2. The van der Waals surface area contributed by atoms with E-state index in [0.717, 1.165) is 56.1 Å². The number of alkyl carbamates (subject to hydrolysis) is 1. The Morgan fingerprint density at radius 2 is 2.03 bits per heavy atom. The molecule has 0 aromatic carbocycles. The molecule has 1 aliphatic rings. The Hall–Kier alpha value is -2.35. The first kappa shape index (κ1) is 24.9. The number of amides is 1. The van der Waals surface area contributed by atoms with Crippen LogP contribution in [0.1, 0.15) is 58.2 Å². The molecule has 0 spiro atoms. The number of hydrogen-bond acceptors (Lipinski definition) is 5. The first-order valence-electron chi connectivity index (χ1n) is 11.3. The van der Waals surface area contributed by atoms with Crippen molar-refractivity contribution in [3.8, 4) is 0 Å². The lowest BCUT2D eigenvalue weighted by molar-refractivity contribution is 0.0170. The van der Waals surface area contributed by atoms with Gasteiger partial charge in [0.05, 0.1) is 18.3 Å². The summed E-state index contributed by atoms with van der Waals surface area (Å²) in [5.41, 5.74) is 1.70. The molecule has 8 nitrogen and oxygen atoms in total. The average molecular weight is 434 g/mol. The average Bonchev–Trinajstić information content (AvgIpc) is 2.71. The molecule has 1 saturated heterocycles. The van der Waals surface area contributed by atoms with Gasteiger partial charge in [-0.3, -0.25) is 4.98 Å². The van der Waals surface area contributed by atoms with Crippen molar-refractivity contribution in [1.29, 1.82) is 0 Å². The fraction of sp³-hybridized carbons (Fsp3) is 0.696. The Labute approximate surface area is 186 Å². The van der Waals surface area contributed by atoms with Crippen LogP contribution < -0.4 is 10.6 Å². The van der Waals surface area contributed by atoms with E-state index in [-0.39, 0.29) is 12.2 Å². The molecule has 0 radical (unpaired) electrons. The molecule has 0 unspecified atom stereocenters. The number of guanidine groups is 1. The van der Waals surface area contributed by atoms with Crippen molar-refractivity contribution < 1.29 is 14.3 Å². The molecular weight excluding hydrogens is 394 g/mol. The largest absolute Gasteiger partial charge is 0.444 e. The molecule has 0 aliphatic carbocycles. The van der Waals surface area contributed by atoms with Crippen molar-refractivity contribution in [3.05, 3.63) is 29.6 Å². The third-order valence-corrected chi connectivity index (χ3v) is 4.92. The molecule has 8 heteroatoms. The molecule has 1 aromatic rings. The van der Waals surface area contributed by atoms with Crippen molar-refractivity contribution >= 4 is 12.1 Å². The first-order valence-corrected chi connectivity index (χ1v) is 11.3. The van der Waals surface area contributed by atoms with Crippen LogP contribution in [0.15, 0.2) is 23.3 Å². The third-order valence-electron chi connectivity index (χ3n) is 4.92. The number of carbonyl (C=O) groups is 1. The van der Waals surface area contributed by atoms with E-state index in [1.807, 2.05) is 33.0 Å². The summed E-state index contributed by atoms with van der Waals surface area (Å²) < 4.78 is 11.2. The Kier molecular flexibility index (Phi) is 10.0. The van der Waals surface area contributed by atoms with Gasteiger partial charge in [-0.25, -0.2) is 9.79 Å². The van der Waals surface area contributed by atoms with Gasteiger partial charge in [0.25, 0.3) is 0 Å². The SMILES string of the molecule is CCNC(=NCc1ncccc1C)N1CCC(OCCCNC(=O)OC(C)(C)C)CC1. The highest BCUT2D eigenvalue weighted by molar-refractivity contribution is 5.80. The van der Waals surface area contributed by atoms with Crippen molar-refractivity contribution in [2.24, 2.45) is 4.99 Å². The molecule has 1 fully saturated rings. The Balaban J connectivity index is 1.69. The molecule has 2 N–H and O–H groups in total. The summed E-state index contributed by atoms with van der Waals surface area (Å²) in [7, 11) is 0. The van der Waals surface area contributed by atoms with Gasteiger partial charge in [-0.2, -0.15) is 0 Å². The Morgan fingerprint density at radius 3 is 2.68 bits per heavy atom. The fourth-order valence-electron chi connectivity index (χ4n) is 3.32. The van der Waals surface area contributed by atoms with E-state index in [4.69, 9.17) is 14.5 Å². The quantitative estimate of drug-likeness (QED) is 0.372. The number of aromatic nitrogens is 1. The van der Waals surface area contributed by atoms with Gasteiger partial charge in [0.1, 0.15) is 5.60 Å². The maximum absolute atomic E-state index is 11.6. The van der Waals surface area contributed by atoms with Gasteiger partial charge in [-0.1, -0.05) is 6.07 Å². The Bertz CT molecular complexity index is 709. The molecule has 2 heterocycles. The summed E-state index contributed by atoms with van der Waals surface area (Å²) >= 11 is 0. The summed E-state index contributed by atoms with van der Waals surface area (Å²) in [5, 5.41) is 6.16. The van der Waals surface area contributed by atoms with Crippen LogP contribution in [0.3, 0.4) is 0 Å². The number of pyridine rings is 1. The highest BCUT2D eigenvalue weighted by atomic mass is 16.6. The molecule has 31 heavy (non-hydrogen) atoms. The summed E-state index contributed by atoms with van der Waals surface area (Å²) in [5.74, 6) is 0.938. The van der Waals surface area contributed by atoms with E-state index >= 15 is 0 Å². The minimum absolute atomic E-state index is 0.249. The van der Waals surface area contributed by atoms with E-state index in [9.17, 15) is 4.79 Å². The number of aryl methyl sites for hydroxylation is 1. The second-order valence-corrected chi connectivity index (χ2v) is 8.78. The zero-order valence-corrected chi connectivity index (χ0v) is 19.7. The number of nitrogens with one attached hydrogen (secondary N) is 2. The minimum atomic E-state index is -0.472. The summed E-state index contributed by atoms with van der Waals surface area (Å²) in [6, 6.07) is 4.02. The lowest BCUT2D eigenvalue weighted by Crippen LogP contribution is -2.47. The number of ether oxygens (including phenoxy) is 2. The smallest absolute Gasteiger partial charge is 0.407 e. The van der Waals surface area contributed by atoms with Crippen molar-refractivity contribution in [3.63, 3.8) is 0 Å². The lowest BCUT2D eigenvalue weighted by Gasteiger charge is -2.34. The van der Waals surface area contributed by atoms with E-state index in [2.05, 4.69) is 40.4 Å². The normalized spacial score (nSPS) is 15.6. The third kappa shape index (κ3) is 9.55. The number of aliphatic imine (C=N–C) groups is 1. The van der Waals surface area contributed by atoms with Crippen LogP contribution in [0.2, 0.25) is 0 Å². The molecule has 2 rings (SSSR count). The number of carbonyl (C=O) groups excluding carboxylic acids is 1. The zero-order chi connectivity index (χ0) is 22.7. The van der Waals surface area contributed by atoms with E-state index in [1.165, 1.54) is 0 Å². The monoisotopic (exact) mass is 433 g/mol. The van der Waals surface area contributed by atoms with Crippen molar-refractivity contribution in [1.82, 2.24) is 20.5 Å².